The lowest BCUT2D eigenvalue weighted by atomic mass is 10.2. The molecular formula is C13H12N2O3S. The molecule has 1 aliphatic heterocycles. The van der Waals surface area contributed by atoms with Crippen LogP contribution in [0, 0.1) is 0 Å². The molecule has 1 aromatic carbocycles. The van der Waals surface area contributed by atoms with Crippen LogP contribution in [0.1, 0.15) is 13.3 Å². The zero-order chi connectivity index (χ0) is 13.2. The van der Waals surface area contributed by atoms with E-state index in [2.05, 4.69) is 10.2 Å². The van der Waals surface area contributed by atoms with Crippen LogP contribution in [-0.4, -0.2) is 27.5 Å². The third kappa shape index (κ3) is 2.63. The summed E-state index contributed by atoms with van der Waals surface area (Å²) in [5.41, 5.74) is 0.865. The molecule has 2 unspecified atom stereocenters. The highest BCUT2D eigenvalue weighted by Gasteiger charge is 2.34. The van der Waals surface area contributed by atoms with Gasteiger partial charge in [0.15, 0.2) is 0 Å². The normalized spacial score (nSPS) is 22.5. The molecular weight excluding hydrogens is 264 g/mol. The van der Waals surface area contributed by atoms with E-state index < -0.39 is 0 Å². The minimum absolute atomic E-state index is 0.0403. The van der Waals surface area contributed by atoms with Crippen molar-refractivity contribution in [2.45, 2.75) is 29.9 Å². The maximum Gasteiger partial charge on any atom is 0.320 e. The van der Waals surface area contributed by atoms with Gasteiger partial charge in [-0.2, -0.15) is 0 Å². The fourth-order valence-electron chi connectivity index (χ4n) is 1.89. The Morgan fingerprint density at radius 2 is 2.05 bits per heavy atom. The number of ether oxygens (including phenoxy) is 1. The summed E-state index contributed by atoms with van der Waals surface area (Å²) in [4.78, 5) is 11.5. The average molecular weight is 276 g/mol. The van der Waals surface area contributed by atoms with Crippen LogP contribution in [0.15, 0.2) is 40.0 Å². The molecule has 0 aliphatic carbocycles. The van der Waals surface area contributed by atoms with Crippen molar-refractivity contribution in [3.05, 3.63) is 30.3 Å². The maximum absolute atomic E-state index is 11.5. The number of rotatable bonds is 3. The van der Waals surface area contributed by atoms with E-state index in [1.165, 1.54) is 11.8 Å². The van der Waals surface area contributed by atoms with Crippen LogP contribution in [0.5, 0.6) is 0 Å². The summed E-state index contributed by atoms with van der Waals surface area (Å²) in [7, 11) is 0. The van der Waals surface area contributed by atoms with E-state index in [9.17, 15) is 4.79 Å². The van der Waals surface area contributed by atoms with Crippen molar-refractivity contribution < 1.29 is 13.9 Å². The second kappa shape index (κ2) is 5.05. The highest BCUT2D eigenvalue weighted by Crippen LogP contribution is 2.32. The Morgan fingerprint density at radius 1 is 1.26 bits per heavy atom. The molecule has 0 N–H and O–H groups in total. The number of hydrogen-bond donors (Lipinski definition) is 0. The number of aromatic nitrogens is 2. The first-order chi connectivity index (χ1) is 9.22. The SMILES string of the molecule is CC1CC(Sc2nnc(-c3ccccc3)o2)C(=O)O1. The Morgan fingerprint density at radius 3 is 2.74 bits per heavy atom. The molecule has 2 aromatic rings. The number of carbonyl (C=O) groups excluding carboxylic acids is 1. The van der Waals surface area contributed by atoms with Crippen molar-refractivity contribution in [3.8, 4) is 11.5 Å². The first-order valence-corrected chi connectivity index (χ1v) is 6.86. The molecule has 19 heavy (non-hydrogen) atoms. The summed E-state index contributed by atoms with van der Waals surface area (Å²) in [5.74, 6) is 0.250. The van der Waals surface area contributed by atoms with Crippen molar-refractivity contribution in [3.63, 3.8) is 0 Å². The van der Waals surface area contributed by atoms with Crippen LogP contribution >= 0.6 is 11.8 Å². The number of esters is 1. The van der Waals surface area contributed by atoms with E-state index in [1.54, 1.807) is 0 Å². The molecule has 0 saturated carbocycles. The van der Waals surface area contributed by atoms with Gasteiger partial charge in [-0.3, -0.25) is 4.79 Å². The molecule has 1 aliphatic rings. The fraction of sp³-hybridized carbons (Fsp3) is 0.308. The molecule has 0 radical (unpaired) electrons. The standard InChI is InChI=1S/C13H12N2O3S/c1-8-7-10(12(16)17-8)19-13-15-14-11(18-13)9-5-3-2-4-6-9/h2-6,8,10H,7H2,1H3. The lowest BCUT2D eigenvalue weighted by Gasteiger charge is -1.99. The van der Waals surface area contributed by atoms with Crippen LogP contribution < -0.4 is 0 Å². The molecule has 98 valence electrons. The van der Waals surface area contributed by atoms with E-state index in [1.807, 2.05) is 37.3 Å². The van der Waals surface area contributed by atoms with Gasteiger partial charge in [0.05, 0.1) is 0 Å². The van der Waals surface area contributed by atoms with Gasteiger partial charge in [-0.25, -0.2) is 0 Å². The van der Waals surface area contributed by atoms with Crippen molar-refractivity contribution in [2.75, 3.05) is 0 Å². The number of thioether (sulfide) groups is 1. The largest absolute Gasteiger partial charge is 0.462 e. The van der Waals surface area contributed by atoms with Gasteiger partial charge in [0.1, 0.15) is 11.4 Å². The van der Waals surface area contributed by atoms with Gasteiger partial charge >= 0.3 is 5.97 Å². The molecule has 6 heteroatoms. The van der Waals surface area contributed by atoms with Crippen LogP contribution in [-0.2, 0) is 9.53 Å². The van der Waals surface area contributed by atoms with E-state index in [-0.39, 0.29) is 17.3 Å². The number of benzene rings is 1. The van der Waals surface area contributed by atoms with Crippen molar-refractivity contribution in [2.24, 2.45) is 0 Å². The molecule has 2 heterocycles. The highest BCUT2D eigenvalue weighted by molar-refractivity contribution is 8.00. The lowest BCUT2D eigenvalue weighted by Crippen LogP contribution is -2.09. The predicted octanol–water partition coefficient (Wildman–Crippen LogP) is 2.53. The maximum atomic E-state index is 11.5. The van der Waals surface area contributed by atoms with Gasteiger partial charge in [-0.1, -0.05) is 18.2 Å². The topological polar surface area (TPSA) is 65.2 Å². The van der Waals surface area contributed by atoms with Gasteiger partial charge in [0, 0.05) is 12.0 Å². The number of carbonyl (C=O) groups is 1. The van der Waals surface area contributed by atoms with Crippen LogP contribution in [0.4, 0.5) is 0 Å². The van der Waals surface area contributed by atoms with Gasteiger partial charge in [0.2, 0.25) is 5.89 Å². The predicted molar refractivity (Wildman–Crippen MR) is 69.6 cm³/mol. The first-order valence-electron chi connectivity index (χ1n) is 5.98. The van der Waals surface area contributed by atoms with Crippen molar-refractivity contribution in [1.82, 2.24) is 10.2 Å². The molecule has 3 rings (SSSR count). The Bertz CT molecular complexity index is 585. The number of cyclic esters (lactones) is 1. The second-order valence-electron chi connectivity index (χ2n) is 4.33. The Kier molecular flexibility index (Phi) is 3.25. The Balaban J connectivity index is 1.74. The van der Waals surface area contributed by atoms with E-state index >= 15 is 0 Å². The Hall–Kier alpha value is -1.82. The van der Waals surface area contributed by atoms with E-state index in [4.69, 9.17) is 9.15 Å². The lowest BCUT2D eigenvalue weighted by molar-refractivity contribution is -0.140. The van der Waals surface area contributed by atoms with Crippen molar-refractivity contribution in [1.29, 1.82) is 0 Å². The summed E-state index contributed by atoms with van der Waals surface area (Å²) in [5, 5.41) is 8.08. The van der Waals surface area contributed by atoms with Crippen LogP contribution in [0.3, 0.4) is 0 Å². The fourth-order valence-corrected chi connectivity index (χ4v) is 2.87. The highest BCUT2D eigenvalue weighted by atomic mass is 32.2. The number of hydrogen-bond acceptors (Lipinski definition) is 6. The van der Waals surface area contributed by atoms with Gasteiger partial charge in [0.25, 0.3) is 5.22 Å². The minimum Gasteiger partial charge on any atom is -0.462 e. The quantitative estimate of drug-likeness (QED) is 0.803. The zero-order valence-corrected chi connectivity index (χ0v) is 11.1. The molecule has 5 nitrogen and oxygen atoms in total. The monoisotopic (exact) mass is 276 g/mol. The minimum atomic E-state index is -0.251. The Labute approximate surface area is 114 Å². The summed E-state index contributed by atoms with van der Waals surface area (Å²) in [6.45, 7) is 1.88. The van der Waals surface area contributed by atoms with Crippen LogP contribution in [0.2, 0.25) is 0 Å². The second-order valence-corrected chi connectivity index (χ2v) is 5.48. The third-order valence-corrected chi connectivity index (χ3v) is 3.83. The first kappa shape index (κ1) is 12.2. The molecule has 1 saturated heterocycles. The molecule has 0 spiro atoms. The molecule has 1 fully saturated rings. The van der Waals surface area contributed by atoms with Crippen LogP contribution in [0.25, 0.3) is 11.5 Å². The average Bonchev–Trinajstić information content (AvgIpc) is 2.99. The number of nitrogens with zero attached hydrogens (tertiary/aromatic N) is 2. The molecule has 0 amide bonds. The molecule has 2 atom stereocenters. The van der Waals surface area contributed by atoms with Gasteiger partial charge < -0.3 is 9.15 Å². The summed E-state index contributed by atoms with van der Waals surface area (Å²) in [6.07, 6.45) is 0.633. The molecule has 0 bridgehead atoms. The third-order valence-electron chi connectivity index (χ3n) is 2.80. The summed E-state index contributed by atoms with van der Waals surface area (Å²) in [6, 6.07) is 9.53. The summed E-state index contributed by atoms with van der Waals surface area (Å²) >= 11 is 1.26. The summed E-state index contributed by atoms with van der Waals surface area (Å²) < 4.78 is 10.6. The smallest absolute Gasteiger partial charge is 0.320 e. The zero-order valence-electron chi connectivity index (χ0n) is 10.3. The van der Waals surface area contributed by atoms with Crippen molar-refractivity contribution >= 4 is 17.7 Å². The van der Waals surface area contributed by atoms with Gasteiger partial charge in [-0.05, 0) is 30.8 Å². The molecule has 1 aromatic heterocycles. The van der Waals surface area contributed by atoms with E-state index in [0.717, 1.165) is 5.56 Å². The van der Waals surface area contributed by atoms with E-state index in [0.29, 0.717) is 17.5 Å². The van der Waals surface area contributed by atoms with Gasteiger partial charge in [-0.15, -0.1) is 10.2 Å².